The summed E-state index contributed by atoms with van der Waals surface area (Å²) in [5.41, 5.74) is 0.966. The minimum Gasteiger partial charge on any atom is -0.497 e. The van der Waals surface area contributed by atoms with Gasteiger partial charge in [-0.3, -0.25) is 9.59 Å². The molecule has 0 aromatic heterocycles. The fraction of sp³-hybridized carbons (Fsp3) is 0.300. The molecule has 2 amide bonds. The highest BCUT2D eigenvalue weighted by molar-refractivity contribution is 6.00. The van der Waals surface area contributed by atoms with Crippen LogP contribution in [0.5, 0.6) is 11.5 Å². The third-order valence-electron chi connectivity index (χ3n) is 4.58. The number of rotatable bonds is 6. The van der Waals surface area contributed by atoms with E-state index in [0.29, 0.717) is 11.5 Å². The first-order chi connectivity index (χ1) is 13.0. The first-order valence-corrected chi connectivity index (χ1v) is 8.57. The van der Waals surface area contributed by atoms with Crippen LogP contribution in [0, 0.1) is 11.7 Å². The van der Waals surface area contributed by atoms with Crippen molar-refractivity contribution >= 4 is 17.5 Å². The van der Waals surface area contributed by atoms with Gasteiger partial charge in [0.15, 0.2) is 0 Å². The fourth-order valence-electron chi connectivity index (χ4n) is 3.13. The van der Waals surface area contributed by atoms with Crippen LogP contribution in [0.15, 0.2) is 42.5 Å². The minimum atomic E-state index is -0.534. The van der Waals surface area contributed by atoms with Gasteiger partial charge in [0.05, 0.1) is 25.8 Å². The second-order valence-corrected chi connectivity index (χ2v) is 6.25. The number of anilines is 1. The Morgan fingerprint density at radius 1 is 1.22 bits per heavy atom. The summed E-state index contributed by atoms with van der Waals surface area (Å²) in [6.45, 7) is 0.393. The van der Waals surface area contributed by atoms with Crippen LogP contribution in [0.1, 0.15) is 12.0 Å². The van der Waals surface area contributed by atoms with Gasteiger partial charge >= 0.3 is 0 Å². The van der Waals surface area contributed by atoms with Crippen LogP contribution >= 0.6 is 0 Å². The molecule has 27 heavy (non-hydrogen) atoms. The van der Waals surface area contributed by atoms with Crippen molar-refractivity contribution in [3.8, 4) is 11.5 Å². The van der Waals surface area contributed by atoms with Crippen LogP contribution in [-0.2, 0) is 16.1 Å². The van der Waals surface area contributed by atoms with E-state index in [-0.39, 0.29) is 37.0 Å². The molecule has 2 aromatic carbocycles. The van der Waals surface area contributed by atoms with Crippen molar-refractivity contribution in [3.05, 3.63) is 53.8 Å². The van der Waals surface area contributed by atoms with Crippen LogP contribution in [0.2, 0.25) is 0 Å². The smallest absolute Gasteiger partial charge is 0.227 e. The molecule has 0 saturated carbocycles. The standard InChI is InChI=1S/C20H21FN2O4/c1-26-15-7-8-18(27-2)13(9-15)11-22-20(25)14-10-19(24)23(12-14)17-6-4-3-5-16(17)21/h3-9,14H,10-12H2,1-2H3,(H,22,25)/t14-/m0/s1. The molecular weight excluding hydrogens is 351 g/mol. The molecule has 0 radical (unpaired) electrons. The lowest BCUT2D eigenvalue weighted by molar-refractivity contribution is -0.126. The van der Waals surface area contributed by atoms with E-state index in [1.807, 2.05) is 0 Å². The number of nitrogens with one attached hydrogen (secondary N) is 1. The number of hydrogen-bond donors (Lipinski definition) is 1. The van der Waals surface area contributed by atoms with Crippen LogP contribution in [-0.4, -0.2) is 32.6 Å². The summed E-state index contributed by atoms with van der Waals surface area (Å²) in [4.78, 5) is 26.1. The Labute approximate surface area is 156 Å². The van der Waals surface area contributed by atoms with Gasteiger partial charge in [-0.1, -0.05) is 12.1 Å². The number of hydrogen-bond acceptors (Lipinski definition) is 4. The van der Waals surface area contributed by atoms with E-state index in [9.17, 15) is 14.0 Å². The normalized spacial score (nSPS) is 16.3. The van der Waals surface area contributed by atoms with Gasteiger partial charge in [-0.05, 0) is 30.3 Å². The minimum absolute atomic E-state index is 0.0510. The van der Waals surface area contributed by atoms with E-state index in [4.69, 9.17) is 9.47 Å². The van der Waals surface area contributed by atoms with Gasteiger partial charge in [0.25, 0.3) is 0 Å². The van der Waals surface area contributed by atoms with E-state index in [1.54, 1.807) is 44.6 Å². The van der Waals surface area contributed by atoms with Gasteiger partial charge in [-0.2, -0.15) is 0 Å². The van der Waals surface area contributed by atoms with Crippen LogP contribution in [0.4, 0.5) is 10.1 Å². The van der Waals surface area contributed by atoms with Gasteiger partial charge in [-0.15, -0.1) is 0 Å². The van der Waals surface area contributed by atoms with Crippen molar-refractivity contribution in [3.63, 3.8) is 0 Å². The number of ether oxygens (including phenoxy) is 2. The Balaban J connectivity index is 1.66. The summed E-state index contributed by atoms with van der Waals surface area (Å²) in [6.07, 6.45) is 0.0510. The maximum Gasteiger partial charge on any atom is 0.227 e. The molecule has 1 saturated heterocycles. The van der Waals surface area contributed by atoms with Gasteiger partial charge < -0.3 is 19.7 Å². The average Bonchev–Trinajstić information content (AvgIpc) is 3.07. The third kappa shape index (κ3) is 4.02. The van der Waals surface area contributed by atoms with Gasteiger partial charge in [0.1, 0.15) is 17.3 Å². The number of halogens is 1. The molecule has 0 bridgehead atoms. The summed E-state index contributed by atoms with van der Waals surface area (Å²) >= 11 is 0. The Morgan fingerprint density at radius 2 is 2.00 bits per heavy atom. The summed E-state index contributed by atoms with van der Waals surface area (Å²) < 4.78 is 24.4. The topological polar surface area (TPSA) is 67.9 Å². The molecule has 6 nitrogen and oxygen atoms in total. The molecule has 2 aromatic rings. The quantitative estimate of drug-likeness (QED) is 0.846. The van der Waals surface area contributed by atoms with E-state index in [0.717, 1.165) is 5.56 Å². The molecule has 7 heteroatoms. The van der Waals surface area contributed by atoms with Crippen molar-refractivity contribution < 1.29 is 23.5 Å². The molecule has 0 aliphatic carbocycles. The molecule has 0 unspecified atom stereocenters. The van der Waals surface area contributed by atoms with E-state index in [1.165, 1.54) is 17.0 Å². The number of amides is 2. The number of methoxy groups -OCH3 is 2. The van der Waals surface area contributed by atoms with Crippen LogP contribution in [0.3, 0.4) is 0 Å². The molecular formula is C20H21FN2O4. The van der Waals surface area contributed by atoms with Gasteiger partial charge in [0, 0.05) is 25.1 Å². The van der Waals surface area contributed by atoms with Crippen molar-refractivity contribution in [2.45, 2.75) is 13.0 Å². The molecule has 142 valence electrons. The highest BCUT2D eigenvalue weighted by Crippen LogP contribution is 2.28. The zero-order chi connectivity index (χ0) is 19.4. The van der Waals surface area contributed by atoms with Crippen LogP contribution in [0.25, 0.3) is 0 Å². The molecule has 1 aliphatic rings. The Bertz CT molecular complexity index is 856. The lowest BCUT2D eigenvalue weighted by Crippen LogP contribution is -2.33. The summed E-state index contributed by atoms with van der Waals surface area (Å²) in [6, 6.07) is 11.4. The molecule has 1 fully saturated rings. The first-order valence-electron chi connectivity index (χ1n) is 8.57. The Kier molecular flexibility index (Phi) is 5.59. The Morgan fingerprint density at radius 3 is 2.70 bits per heavy atom. The van der Waals surface area contributed by atoms with Gasteiger partial charge in [0.2, 0.25) is 11.8 Å². The SMILES string of the molecule is COc1ccc(OC)c(CNC(=O)[C@H]2CC(=O)N(c3ccccc3F)C2)c1. The number of nitrogens with zero attached hydrogens (tertiary/aromatic N) is 1. The molecule has 1 heterocycles. The fourth-order valence-corrected chi connectivity index (χ4v) is 3.13. The lowest BCUT2D eigenvalue weighted by atomic mass is 10.1. The number of benzene rings is 2. The molecule has 1 atom stereocenters. The number of carbonyl (C=O) groups is 2. The highest BCUT2D eigenvalue weighted by Gasteiger charge is 2.36. The van der Waals surface area contributed by atoms with Crippen LogP contribution < -0.4 is 19.7 Å². The highest BCUT2D eigenvalue weighted by atomic mass is 19.1. The third-order valence-corrected chi connectivity index (χ3v) is 4.58. The van der Waals surface area contributed by atoms with Crippen molar-refractivity contribution in [1.82, 2.24) is 5.32 Å². The molecule has 1 N–H and O–H groups in total. The van der Waals surface area contributed by atoms with Crippen molar-refractivity contribution in [2.24, 2.45) is 5.92 Å². The van der Waals surface area contributed by atoms with E-state index >= 15 is 0 Å². The number of para-hydroxylation sites is 1. The van der Waals surface area contributed by atoms with E-state index < -0.39 is 11.7 Å². The maximum absolute atomic E-state index is 13.9. The summed E-state index contributed by atoms with van der Waals surface area (Å²) in [5, 5.41) is 2.83. The van der Waals surface area contributed by atoms with E-state index in [2.05, 4.69) is 5.32 Å². The average molecular weight is 372 g/mol. The summed E-state index contributed by atoms with van der Waals surface area (Å²) in [5.74, 6) is -0.249. The predicted molar refractivity (Wildman–Crippen MR) is 98.3 cm³/mol. The number of carbonyl (C=O) groups excluding carboxylic acids is 2. The second-order valence-electron chi connectivity index (χ2n) is 6.25. The van der Waals surface area contributed by atoms with Crippen molar-refractivity contribution in [2.75, 3.05) is 25.7 Å². The zero-order valence-electron chi connectivity index (χ0n) is 15.2. The Hall–Kier alpha value is -3.09. The maximum atomic E-state index is 13.9. The predicted octanol–water partition coefficient (Wildman–Crippen LogP) is 2.51. The first kappa shape index (κ1) is 18.7. The molecule has 0 spiro atoms. The molecule has 3 rings (SSSR count). The monoisotopic (exact) mass is 372 g/mol. The largest absolute Gasteiger partial charge is 0.497 e. The van der Waals surface area contributed by atoms with Gasteiger partial charge in [-0.25, -0.2) is 4.39 Å². The van der Waals surface area contributed by atoms with Crippen molar-refractivity contribution in [1.29, 1.82) is 0 Å². The second kappa shape index (κ2) is 8.07. The zero-order valence-corrected chi connectivity index (χ0v) is 15.2. The summed E-state index contributed by atoms with van der Waals surface area (Å²) in [7, 11) is 3.11. The lowest BCUT2D eigenvalue weighted by Gasteiger charge is -2.17. The molecule has 1 aliphatic heterocycles.